The third kappa shape index (κ3) is 4.28. The van der Waals surface area contributed by atoms with Crippen LogP contribution in [0.1, 0.15) is 55.4 Å². The molecule has 19 heavy (non-hydrogen) atoms. The van der Waals surface area contributed by atoms with E-state index in [1.54, 1.807) is 0 Å². The van der Waals surface area contributed by atoms with Crippen molar-refractivity contribution in [2.24, 2.45) is 5.92 Å². The molecule has 0 unspecified atom stereocenters. The molecule has 0 fully saturated rings. The Morgan fingerprint density at radius 3 is 1.47 bits per heavy atom. The third-order valence-electron chi connectivity index (χ3n) is 4.63. The summed E-state index contributed by atoms with van der Waals surface area (Å²) >= 11 is 0. The van der Waals surface area contributed by atoms with E-state index < -0.39 is 14.4 Å². The van der Waals surface area contributed by atoms with Crippen LogP contribution in [0.15, 0.2) is 0 Å². The van der Waals surface area contributed by atoms with Crippen molar-refractivity contribution in [1.29, 1.82) is 0 Å². The van der Waals surface area contributed by atoms with Crippen molar-refractivity contribution in [3.63, 3.8) is 0 Å². The van der Waals surface area contributed by atoms with Crippen molar-refractivity contribution >= 4 is 8.32 Å². The molecular weight excluding hydrogens is 256 g/mol. The minimum Gasteiger partial charge on any atom is -0.413 e. The molecule has 4 heteroatoms. The van der Waals surface area contributed by atoms with Gasteiger partial charge in [-0.1, -0.05) is 48.5 Å². The van der Waals surface area contributed by atoms with Crippen LogP contribution in [0.25, 0.3) is 0 Å². The van der Waals surface area contributed by atoms with E-state index in [2.05, 4.69) is 41.5 Å². The maximum absolute atomic E-state index is 9.79. The second kappa shape index (κ2) is 7.77. The molecule has 0 saturated carbocycles. The van der Waals surface area contributed by atoms with Crippen molar-refractivity contribution in [3.05, 3.63) is 0 Å². The fourth-order valence-corrected chi connectivity index (χ4v) is 8.99. The summed E-state index contributed by atoms with van der Waals surface area (Å²) in [7, 11) is -1.90. The Labute approximate surface area is 120 Å². The smallest absolute Gasteiger partial charge is 0.200 e. The number of aliphatic hydroxyl groups is 2. The highest BCUT2D eigenvalue weighted by molar-refractivity contribution is 6.77. The van der Waals surface area contributed by atoms with E-state index in [9.17, 15) is 5.11 Å². The quantitative estimate of drug-likeness (QED) is 0.672. The predicted molar refractivity (Wildman–Crippen MR) is 83.9 cm³/mol. The molecule has 0 aromatic carbocycles. The monoisotopic (exact) mass is 290 g/mol. The largest absolute Gasteiger partial charge is 0.413 e. The molecule has 2 N–H and O–H groups in total. The summed E-state index contributed by atoms with van der Waals surface area (Å²) in [6.45, 7) is 17.3. The van der Waals surface area contributed by atoms with Gasteiger partial charge in [-0.2, -0.15) is 0 Å². The highest BCUT2D eigenvalue weighted by atomic mass is 28.4. The lowest BCUT2D eigenvalue weighted by molar-refractivity contribution is 0.00217. The van der Waals surface area contributed by atoms with Gasteiger partial charge in [-0.05, 0) is 23.5 Å². The molecule has 3 atom stereocenters. The number of hydrogen-bond acceptors (Lipinski definition) is 3. The van der Waals surface area contributed by atoms with E-state index >= 15 is 0 Å². The van der Waals surface area contributed by atoms with Crippen molar-refractivity contribution in [2.45, 2.75) is 84.2 Å². The van der Waals surface area contributed by atoms with Crippen LogP contribution in [0.2, 0.25) is 16.6 Å². The van der Waals surface area contributed by atoms with Crippen LogP contribution in [-0.2, 0) is 4.43 Å². The highest BCUT2D eigenvalue weighted by Crippen LogP contribution is 2.43. The zero-order valence-electron chi connectivity index (χ0n) is 14.0. The second-order valence-electron chi connectivity index (χ2n) is 6.75. The average molecular weight is 291 g/mol. The average Bonchev–Trinajstić information content (AvgIpc) is 2.32. The first kappa shape index (κ1) is 19.1. The standard InChI is InChI=1S/C15H34O3Si/c1-10(2)19(11(3)4,12(5)6)18-14(8)13(7)15(17)9-16/h10-17H,9H2,1-8H3/t13-,14+,15+/m1/s1. The molecule has 0 saturated heterocycles. The predicted octanol–water partition coefficient (Wildman–Crippen LogP) is 3.56. The summed E-state index contributed by atoms with van der Waals surface area (Å²) in [6, 6.07) is 0. The summed E-state index contributed by atoms with van der Waals surface area (Å²) in [5, 5.41) is 18.9. The van der Waals surface area contributed by atoms with Crippen LogP contribution < -0.4 is 0 Å². The van der Waals surface area contributed by atoms with Crippen molar-refractivity contribution in [2.75, 3.05) is 6.61 Å². The lowest BCUT2D eigenvalue weighted by Crippen LogP contribution is -2.51. The van der Waals surface area contributed by atoms with Crippen LogP contribution in [0, 0.1) is 5.92 Å². The van der Waals surface area contributed by atoms with Gasteiger partial charge >= 0.3 is 0 Å². The summed E-state index contributed by atoms with van der Waals surface area (Å²) < 4.78 is 6.57. The first-order chi connectivity index (χ1) is 8.61. The molecule has 0 aliphatic heterocycles. The summed E-state index contributed by atoms with van der Waals surface area (Å²) in [5.74, 6) is -0.0480. The zero-order valence-corrected chi connectivity index (χ0v) is 15.0. The zero-order chi connectivity index (χ0) is 15.4. The van der Waals surface area contributed by atoms with Gasteiger partial charge in [0.2, 0.25) is 8.32 Å². The molecular formula is C15H34O3Si. The van der Waals surface area contributed by atoms with E-state index in [0.29, 0.717) is 16.6 Å². The summed E-state index contributed by atoms with van der Waals surface area (Å²) in [5.41, 5.74) is 1.61. The Morgan fingerprint density at radius 2 is 1.21 bits per heavy atom. The van der Waals surface area contributed by atoms with Gasteiger partial charge in [0, 0.05) is 12.0 Å². The first-order valence-electron chi connectivity index (χ1n) is 7.57. The molecule has 3 nitrogen and oxygen atoms in total. The Hall–Kier alpha value is 0.0969. The second-order valence-corrected chi connectivity index (χ2v) is 12.2. The van der Waals surface area contributed by atoms with E-state index in [-0.39, 0.29) is 18.6 Å². The van der Waals surface area contributed by atoms with Crippen molar-refractivity contribution < 1.29 is 14.6 Å². The van der Waals surface area contributed by atoms with E-state index in [4.69, 9.17) is 9.53 Å². The van der Waals surface area contributed by atoms with E-state index in [1.165, 1.54) is 0 Å². The number of hydrogen-bond donors (Lipinski definition) is 2. The molecule has 0 bridgehead atoms. The Kier molecular flexibility index (Phi) is 7.81. The van der Waals surface area contributed by atoms with Crippen LogP contribution >= 0.6 is 0 Å². The molecule has 0 heterocycles. The highest BCUT2D eigenvalue weighted by Gasteiger charge is 2.46. The van der Waals surface area contributed by atoms with Gasteiger partial charge in [0.15, 0.2) is 0 Å². The van der Waals surface area contributed by atoms with Gasteiger partial charge in [-0.15, -0.1) is 0 Å². The molecule has 0 aliphatic rings. The molecule has 0 aromatic rings. The van der Waals surface area contributed by atoms with Crippen molar-refractivity contribution in [1.82, 2.24) is 0 Å². The van der Waals surface area contributed by atoms with Gasteiger partial charge < -0.3 is 14.6 Å². The van der Waals surface area contributed by atoms with Crippen LogP contribution in [0.3, 0.4) is 0 Å². The van der Waals surface area contributed by atoms with Gasteiger partial charge in [0.25, 0.3) is 0 Å². The first-order valence-corrected chi connectivity index (χ1v) is 9.71. The Morgan fingerprint density at radius 1 is 0.842 bits per heavy atom. The van der Waals surface area contributed by atoms with Gasteiger partial charge in [-0.25, -0.2) is 0 Å². The minimum atomic E-state index is -1.90. The molecule has 0 amide bonds. The topological polar surface area (TPSA) is 49.7 Å². The molecule has 0 aliphatic carbocycles. The fraction of sp³-hybridized carbons (Fsp3) is 1.00. The summed E-state index contributed by atoms with van der Waals surface area (Å²) in [6.07, 6.45) is -0.728. The molecule has 0 aromatic heterocycles. The molecule has 116 valence electrons. The third-order valence-corrected chi connectivity index (χ3v) is 10.8. The van der Waals surface area contributed by atoms with E-state index in [0.717, 1.165) is 0 Å². The number of aliphatic hydroxyl groups excluding tert-OH is 2. The van der Waals surface area contributed by atoms with Crippen LogP contribution in [-0.4, -0.2) is 37.3 Å². The van der Waals surface area contributed by atoms with Crippen LogP contribution in [0.4, 0.5) is 0 Å². The molecule has 0 rings (SSSR count). The van der Waals surface area contributed by atoms with Gasteiger partial charge in [-0.3, -0.25) is 0 Å². The van der Waals surface area contributed by atoms with Gasteiger partial charge in [0.1, 0.15) is 0 Å². The summed E-state index contributed by atoms with van der Waals surface area (Å²) in [4.78, 5) is 0. The van der Waals surface area contributed by atoms with Crippen LogP contribution in [0.5, 0.6) is 0 Å². The fourth-order valence-electron chi connectivity index (χ4n) is 3.32. The molecule has 0 spiro atoms. The maximum atomic E-state index is 9.79. The Bertz CT molecular complexity index is 232. The van der Waals surface area contributed by atoms with Crippen molar-refractivity contribution in [3.8, 4) is 0 Å². The normalized spacial score (nSPS) is 18.2. The van der Waals surface area contributed by atoms with E-state index in [1.807, 2.05) is 13.8 Å². The molecule has 0 radical (unpaired) electrons. The minimum absolute atomic E-state index is 0.0268. The lowest BCUT2D eigenvalue weighted by atomic mass is 10.0. The number of rotatable bonds is 8. The van der Waals surface area contributed by atoms with Gasteiger partial charge in [0.05, 0.1) is 12.7 Å². The maximum Gasteiger partial charge on any atom is 0.200 e. The Balaban J connectivity index is 5.12. The lowest BCUT2D eigenvalue weighted by Gasteiger charge is -2.45. The SMILES string of the molecule is CC(C)[Si](O[C@@H](C)[C@@H](C)[C@@H](O)CO)(C(C)C)C(C)C.